The third-order valence-corrected chi connectivity index (χ3v) is 7.84. The summed E-state index contributed by atoms with van der Waals surface area (Å²) < 4.78 is 1.89. The molecule has 1 fully saturated rings. The first kappa shape index (κ1) is 23.1. The lowest BCUT2D eigenvalue weighted by molar-refractivity contribution is 0.227. The monoisotopic (exact) mass is 457 g/mol. The molecule has 0 radical (unpaired) electrons. The predicted octanol–water partition coefficient (Wildman–Crippen LogP) is 7.72. The second-order valence-corrected chi connectivity index (χ2v) is 12.0. The van der Waals surface area contributed by atoms with Crippen molar-refractivity contribution in [3.05, 3.63) is 47.0 Å². The summed E-state index contributed by atoms with van der Waals surface area (Å²) in [4.78, 5) is 13.5. The van der Waals surface area contributed by atoms with Crippen LogP contribution in [-0.4, -0.2) is 24.6 Å². The van der Waals surface area contributed by atoms with E-state index in [1.807, 2.05) is 4.52 Å². The van der Waals surface area contributed by atoms with E-state index in [0.717, 1.165) is 22.6 Å². The van der Waals surface area contributed by atoms with E-state index in [1.54, 1.807) is 6.33 Å². The topological polar surface area (TPSA) is 58.9 Å². The summed E-state index contributed by atoms with van der Waals surface area (Å²) in [7, 11) is 0. The zero-order valence-corrected chi connectivity index (χ0v) is 21.9. The Morgan fingerprint density at radius 1 is 1.06 bits per heavy atom. The number of nitrogens with one attached hydrogen (secondary N) is 1. The molecule has 0 aromatic carbocycles. The van der Waals surface area contributed by atoms with Gasteiger partial charge in [-0.3, -0.25) is 4.98 Å². The summed E-state index contributed by atoms with van der Waals surface area (Å²) in [6.07, 6.45) is 10.2. The highest BCUT2D eigenvalue weighted by Gasteiger charge is 2.27. The highest BCUT2D eigenvalue weighted by Crippen LogP contribution is 2.42. The summed E-state index contributed by atoms with van der Waals surface area (Å²) in [5.74, 6) is 1.80. The van der Waals surface area contributed by atoms with Gasteiger partial charge in [-0.2, -0.15) is 5.10 Å². The fourth-order valence-corrected chi connectivity index (χ4v) is 6.09. The molecule has 1 N–H and O–H groups in total. The Labute approximate surface area is 203 Å². The Morgan fingerprint density at radius 2 is 1.79 bits per heavy atom. The summed E-state index contributed by atoms with van der Waals surface area (Å²) in [5.41, 5.74) is 10.9. The third-order valence-electron chi connectivity index (χ3n) is 7.84. The number of aromatic nitrogens is 5. The molecule has 180 valence electrons. The second kappa shape index (κ2) is 8.51. The maximum Gasteiger partial charge on any atom is 0.158 e. The molecular formula is C29H39N5. The van der Waals surface area contributed by atoms with Crippen molar-refractivity contribution in [1.29, 1.82) is 0 Å². The summed E-state index contributed by atoms with van der Waals surface area (Å²) in [6, 6.07) is 4.52. The highest BCUT2D eigenvalue weighted by molar-refractivity contribution is 5.89. The van der Waals surface area contributed by atoms with Gasteiger partial charge < -0.3 is 4.98 Å². The Morgan fingerprint density at radius 3 is 2.47 bits per heavy atom. The first-order valence-electron chi connectivity index (χ1n) is 12.9. The number of H-pyrrole nitrogens is 1. The lowest BCUT2D eigenvalue weighted by Gasteiger charge is -2.32. The lowest BCUT2D eigenvalue weighted by atomic mass is 9.74. The van der Waals surface area contributed by atoms with Gasteiger partial charge >= 0.3 is 0 Å². The number of hydrogen-bond acceptors (Lipinski definition) is 3. The van der Waals surface area contributed by atoms with Gasteiger partial charge in [0.2, 0.25) is 0 Å². The average molecular weight is 458 g/mol. The molecule has 34 heavy (non-hydrogen) atoms. The molecule has 0 bridgehead atoms. The number of aryl methyl sites for hydroxylation is 1. The maximum absolute atomic E-state index is 5.30. The molecular weight excluding hydrogens is 418 g/mol. The van der Waals surface area contributed by atoms with Gasteiger partial charge in [0.05, 0.1) is 16.7 Å². The normalized spacial score (nSPS) is 19.5. The van der Waals surface area contributed by atoms with E-state index >= 15 is 0 Å². The van der Waals surface area contributed by atoms with Crippen molar-refractivity contribution in [2.75, 3.05) is 0 Å². The fraction of sp³-hybridized carbons (Fsp3) is 0.552. The number of nitrogens with zero attached hydrogens (tertiary/aromatic N) is 4. The maximum atomic E-state index is 5.30. The smallest absolute Gasteiger partial charge is 0.158 e. The number of rotatable bonds is 4. The highest BCUT2D eigenvalue weighted by atomic mass is 15.3. The van der Waals surface area contributed by atoms with E-state index in [-0.39, 0.29) is 0 Å². The van der Waals surface area contributed by atoms with Crippen molar-refractivity contribution in [2.24, 2.45) is 11.3 Å². The van der Waals surface area contributed by atoms with E-state index in [4.69, 9.17) is 4.98 Å². The van der Waals surface area contributed by atoms with Gasteiger partial charge in [0.15, 0.2) is 5.65 Å². The minimum Gasteiger partial charge on any atom is -0.353 e. The van der Waals surface area contributed by atoms with Gasteiger partial charge in [-0.1, -0.05) is 34.6 Å². The molecule has 1 aliphatic carbocycles. The second-order valence-electron chi connectivity index (χ2n) is 12.0. The molecule has 5 heteroatoms. The molecule has 5 nitrogen and oxygen atoms in total. The SMILES string of the molecule is Cc1c(-c2[nH]c3ccc(C4CCC(CC(C)(C)C)CC4)nc3c2C(C)C)cn2ncnc2c1C. The molecule has 0 saturated heterocycles. The minimum atomic E-state index is 0.361. The van der Waals surface area contributed by atoms with Crippen LogP contribution in [0.5, 0.6) is 0 Å². The van der Waals surface area contributed by atoms with E-state index in [0.29, 0.717) is 17.3 Å². The van der Waals surface area contributed by atoms with Crippen LogP contribution < -0.4 is 0 Å². The van der Waals surface area contributed by atoms with Gasteiger partial charge in [-0.15, -0.1) is 0 Å². The number of hydrogen-bond donors (Lipinski definition) is 1. The van der Waals surface area contributed by atoms with Crippen molar-refractivity contribution in [2.45, 2.75) is 92.4 Å². The zero-order valence-electron chi connectivity index (χ0n) is 21.9. The van der Waals surface area contributed by atoms with E-state index in [1.165, 1.54) is 65.7 Å². The molecule has 4 heterocycles. The quantitative estimate of drug-likeness (QED) is 0.341. The first-order valence-corrected chi connectivity index (χ1v) is 12.9. The van der Waals surface area contributed by atoms with Crippen LogP contribution in [0, 0.1) is 25.2 Å². The number of fused-ring (bicyclic) bond motifs is 2. The van der Waals surface area contributed by atoms with Crippen LogP contribution in [0.15, 0.2) is 24.7 Å². The van der Waals surface area contributed by atoms with Gasteiger partial charge in [0.25, 0.3) is 0 Å². The van der Waals surface area contributed by atoms with Crippen LogP contribution in [0.25, 0.3) is 27.9 Å². The molecule has 0 amide bonds. The van der Waals surface area contributed by atoms with Crippen LogP contribution in [0.2, 0.25) is 0 Å². The van der Waals surface area contributed by atoms with Crippen LogP contribution in [0.3, 0.4) is 0 Å². The Balaban J connectivity index is 1.52. The largest absolute Gasteiger partial charge is 0.353 e. The van der Waals surface area contributed by atoms with E-state index in [2.05, 4.69) is 81.9 Å². The Hall–Kier alpha value is -2.69. The van der Waals surface area contributed by atoms with Crippen molar-refractivity contribution in [1.82, 2.24) is 24.6 Å². The van der Waals surface area contributed by atoms with Crippen molar-refractivity contribution in [3.63, 3.8) is 0 Å². The van der Waals surface area contributed by atoms with Crippen LogP contribution in [-0.2, 0) is 0 Å². The number of pyridine rings is 2. The summed E-state index contributed by atoms with van der Waals surface area (Å²) in [6.45, 7) is 16.0. The molecule has 0 spiro atoms. The molecule has 0 atom stereocenters. The van der Waals surface area contributed by atoms with E-state index < -0.39 is 0 Å². The van der Waals surface area contributed by atoms with Crippen molar-refractivity contribution in [3.8, 4) is 11.3 Å². The van der Waals surface area contributed by atoms with Gasteiger partial charge in [-0.25, -0.2) is 9.50 Å². The molecule has 1 aliphatic rings. The third kappa shape index (κ3) is 4.14. The first-order chi connectivity index (χ1) is 16.1. The zero-order chi connectivity index (χ0) is 24.2. The average Bonchev–Trinajstić information content (AvgIpc) is 3.39. The van der Waals surface area contributed by atoms with Crippen LogP contribution in [0.1, 0.15) is 101 Å². The lowest BCUT2D eigenvalue weighted by Crippen LogP contribution is -2.19. The number of aromatic amines is 1. The van der Waals surface area contributed by atoms with Crippen LogP contribution in [0.4, 0.5) is 0 Å². The van der Waals surface area contributed by atoms with Gasteiger partial charge in [0.1, 0.15) is 6.33 Å². The van der Waals surface area contributed by atoms with Crippen LogP contribution >= 0.6 is 0 Å². The standard InChI is InChI=1S/C29H39N5/c1-17(2)25-26(22-15-34-28(30-16-31-34)19(4)18(22)3)33-24-13-12-23(32-27(24)25)21-10-8-20(9-11-21)14-29(5,6)7/h12-13,15-17,20-21,33H,8-11,14H2,1-7H3. The molecule has 0 aliphatic heterocycles. The molecule has 0 unspecified atom stereocenters. The Kier molecular flexibility index (Phi) is 5.78. The molecule has 4 aromatic rings. The van der Waals surface area contributed by atoms with Gasteiger partial charge in [0, 0.05) is 28.9 Å². The Bertz CT molecular complexity index is 1330. The minimum absolute atomic E-state index is 0.361. The van der Waals surface area contributed by atoms with Crippen molar-refractivity contribution < 1.29 is 0 Å². The summed E-state index contributed by atoms with van der Waals surface area (Å²) in [5, 5.41) is 4.41. The molecule has 1 saturated carbocycles. The molecule has 5 rings (SSSR count). The summed E-state index contributed by atoms with van der Waals surface area (Å²) >= 11 is 0. The van der Waals surface area contributed by atoms with Gasteiger partial charge in [-0.05, 0) is 86.5 Å². The molecule has 4 aromatic heterocycles. The fourth-order valence-electron chi connectivity index (χ4n) is 6.09. The predicted molar refractivity (Wildman–Crippen MR) is 140 cm³/mol. The van der Waals surface area contributed by atoms with Crippen molar-refractivity contribution >= 4 is 16.7 Å². The van der Waals surface area contributed by atoms with E-state index in [9.17, 15) is 0 Å².